The number of thiazole rings is 4. The first-order valence-electron chi connectivity index (χ1n) is 42.0. The monoisotopic (exact) mass is 1860 g/mol. The van der Waals surface area contributed by atoms with E-state index in [1.54, 1.807) is 56.3 Å². The number of aliphatic hydroxyl groups is 5. The molecule has 41 heteroatoms. The molecule has 15 N–H and O–H groups in total. The third-order valence-electron chi connectivity index (χ3n) is 23.5. The molecule has 0 saturated heterocycles. The SMILES string of the molecule is C=C1NC(=O)C(C)CC(=O)C(C(C)CC)NC2C=Cc3c(C(C)O)cc(nc3C2O)C(=O)OC(C)C2NC(=O)c3csc(n3)C(C(C)(O)C(C)O)CC(=O)C3CSC(=N3)/C(=C/C)NC(=O)C(C(C)O)NC(=O)c3csc(n3)C3(CCC(c4nc(C(=O)NC5CNCCO/C=C/c6cccc(c6)C(=O)CC=C(C(N)=O)CC5=O)cs4)=NC3c3csc2n3)NC(=O)C(C)CC1=O. The molecular formula is C88H102N16O20S5. The van der Waals surface area contributed by atoms with Crippen LogP contribution in [-0.2, 0) is 53.4 Å². The van der Waals surface area contributed by atoms with Crippen molar-refractivity contribution in [1.82, 2.24) is 67.5 Å². The van der Waals surface area contributed by atoms with Crippen LogP contribution in [0.3, 0.4) is 0 Å². The molecule has 5 aliphatic heterocycles. The molecule has 0 spiro atoms. The fraction of sp³-hybridized carbons (Fsp3) is 0.455. The molecule has 12 rings (SSSR count). The number of allylic oxidation sites excluding steroid dienone is 3. The number of thioether (sulfide) groups is 1. The van der Waals surface area contributed by atoms with E-state index in [0.717, 1.165) is 57.1 Å². The van der Waals surface area contributed by atoms with Crippen LogP contribution in [0.1, 0.15) is 251 Å². The molecule has 1 aromatic carbocycles. The summed E-state index contributed by atoms with van der Waals surface area (Å²) in [6.45, 7) is 18.7. The number of primary amides is 1. The lowest BCUT2D eigenvalue weighted by Gasteiger charge is -2.41. The van der Waals surface area contributed by atoms with Crippen molar-refractivity contribution in [3.63, 3.8) is 0 Å². The van der Waals surface area contributed by atoms with Crippen molar-refractivity contribution < 1.29 is 97.3 Å². The zero-order valence-electron chi connectivity index (χ0n) is 72.2. The summed E-state index contributed by atoms with van der Waals surface area (Å²) < 4.78 is 12.0. The number of nitrogens with zero attached hydrogens (tertiary/aromatic N) is 7. The van der Waals surface area contributed by atoms with E-state index in [1.165, 1.54) is 94.5 Å². The van der Waals surface area contributed by atoms with Crippen molar-refractivity contribution in [3.8, 4) is 0 Å². The molecule has 18 atom stereocenters. The molecule has 36 nitrogen and oxygen atoms in total. The Morgan fingerprint density at radius 2 is 1.52 bits per heavy atom. The van der Waals surface area contributed by atoms with Crippen molar-refractivity contribution in [2.75, 3.05) is 25.4 Å². The predicted octanol–water partition coefficient (Wildman–Crippen LogP) is 5.81. The zero-order valence-corrected chi connectivity index (χ0v) is 76.3. The molecule has 684 valence electrons. The number of esters is 1. The van der Waals surface area contributed by atoms with Crippen LogP contribution in [0.15, 0.2) is 110 Å². The van der Waals surface area contributed by atoms with Crippen LogP contribution >= 0.6 is 57.1 Å². The number of fused-ring (bicyclic) bond motifs is 9. The first kappa shape index (κ1) is 97.0. The first-order chi connectivity index (χ1) is 61.3. The van der Waals surface area contributed by atoms with Crippen LogP contribution in [0.4, 0.5) is 0 Å². The van der Waals surface area contributed by atoms with Gasteiger partial charge in [0.2, 0.25) is 23.6 Å². The summed E-state index contributed by atoms with van der Waals surface area (Å²) in [5.41, 5.74) is 1.15. The summed E-state index contributed by atoms with van der Waals surface area (Å²) in [5, 5.41) is 87.3. The number of Topliss-reactive ketones (excluding diaryl/α,β-unsaturated/α-hetero) is 5. The summed E-state index contributed by atoms with van der Waals surface area (Å²) >= 11 is 4.63. The van der Waals surface area contributed by atoms with Crippen molar-refractivity contribution >= 4 is 156 Å². The van der Waals surface area contributed by atoms with E-state index in [0.29, 0.717) is 17.5 Å². The maximum absolute atomic E-state index is 15.7. The number of hydrogen-bond acceptors (Lipinski definition) is 34. The molecule has 129 heavy (non-hydrogen) atoms. The molecule has 5 aromatic heterocycles. The Kier molecular flexibility index (Phi) is 31.4. The van der Waals surface area contributed by atoms with E-state index >= 15 is 14.4 Å². The number of aliphatic imine (C=N–C) groups is 2. The number of carbonyl (C=O) groups excluding carboxylic acids is 13. The Morgan fingerprint density at radius 1 is 0.791 bits per heavy atom. The minimum atomic E-state index is -2.11. The highest BCUT2D eigenvalue weighted by atomic mass is 32.2. The number of nitrogens with two attached hydrogens (primary N) is 1. The summed E-state index contributed by atoms with van der Waals surface area (Å²) in [7, 11) is 0. The smallest absolute Gasteiger partial charge is 0.357 e. The van der Waals surface area contributed by atoms with Gasteiger partial charge in [0, 0.05) is 107 Å². The van der Waals surface area contributed by atoms with Gasteiger partial charge in [0.15, 0.2) is 28.9 Å². The Labute approximate surface area is 762 Å². The predicted molar refractivity (Wildman–Crippen MR) is 480 cm³/mol. The Bertz CT molecular complexity index is 5600. The third kappa shape index (κ3) is 22.3. The van der Waals surface area contributed by atoms with Crippen LogP contribution < -0.4 is 48.3 Å². The Balaban J connectivity index is 1.01. The molecule has 10 heterocycles. The number of benzene rings is 1. The normalized spacial score (nSPS) is 27.5. The van der Waals surface area contributed by atoms with E-state index in [9.17, 15) is 73.5 Å². The molecule has 0 saturated carbocycles. The van der Waals surface area contributed by atoms with E-state index in [1.807, 2.05) is 6.92 Å². The van der Waals surface area contributed by atoms with Gasteiger partial charge in [-0.2, -0.15) is 0 Å². The second kappa shape index (κ2) is 41.8. The van der Waals surface area contributed by atoms with E-state index in [4.69, 9.17) is 40.1 Å². The first-order valence-corrected chi connectivity index (χ1v) is 46.5. The lowest BCUT2D eigenvalue weighted by atomic mass is 9.80. The van der Waals surface area contributed by atoms with Crippen LogP contribution in [0.2, 0.25) is 0 Å². The second-order valence-electron chi connectivity index (χ2n) is 32.9. The number of carbonyl (C=O) groups is 13. The number of rotatable bonds is 10. The molecule has 0 fully saturated rings. The van der Waals surface area contributed by atoms with Crippen molar-refractivity contribution in [3.05, 3.63) is 176 Å². The van der Waals surface area contributed by atoms with Crippen molar-refractivity contribution in [1.29, 1.82) is 0 Å². The number of pyridine rings is 1. The number of hydrogen-bond donors (Lipinski definition) is 14. The second-order valence-corrected chi connectivity index (χ2v) is 37.4. The van der Waals surface area contributed by atoms with Gasteiger partial charge in [-0.25, -0.2) is 29.7 Å². The molecular weight excluding hydrogens is 1760 g/mol. The van der Waals surface area contributed by atoms with Crippen molar-refractivity contribution in [2.45, 2.75) is 210 Å². The standard InChI is InChI=1S/C88H102N16O20S5/c1-12-39(3)68-67(112)28-40(4)75(115)91-42(6)64(109)27-41(5)76(116)104-88-23-21-55(83-100-60(37-127-83)77(117)96-57-33-90-24-26-123-25-22-47-15-14-16-48(29-47)63(108)20-17-49(74(89)114)30-65(57)110)94-73(88)59-35-128-84(98-59)70(45(9)124-85(121)56-31-51(43(7)105)50-18-19-54(92-68)72(113)71(50)93-56)103-78(118)61-36-125-81(99-61)52(87(11,122)46(10)107)32-66(111)58-34-126-82(97-58)53(13-2)95-80(120)69(44(8)106)102-79(119)62-38-129-86(88)101-62/h13-19,22,25,29,31,35-41,43-46,52,54,57-58,68-70,72-73,90,92,105-107,113,122H,6,12,20-21,23-24,26-28,30,32-34H2,1-5,7-11H3,(H2,89,114)(H,91,115)(H,95,120)(H,96,117)(H,102,119)(H,103,118)(H,104,116)/b25-22+,49-17?,53-13-. The summed E-state index contributed by atoms with van der Waals surface area (Å²) in [5.74, 6) is -14.5. The Morgan fingerprint density at radius 3 is 2.24 bits per heavy atom. The number of nitrogens with one attached hydrogen (secondary N) is 8. The van der Waals surface area contributed by atoms with Gasteiger partial charge in [0.05, 0.1) is 82.4 Å². The molecule has 1 aliphatic carbocycles. The lowest BCUT2D eigenvalue weighted by Crippen LogP contribution is -2.54. The molecule has 6 aromatic rings. The van der Waals surface area contributed by atoms with Gasteiger partial charge in [-0.15, -0.1) is 57.1 Å². The number of ketones is 5. The number of amides is 7. The van der Waals surface area contributed by atoms with Crippen LogP contribution in [0, 0.1) is 17.8 Å². The number of aliphatic hydroxyl groups excluding tert-OH is 4. The van der Waals surface area contributed by atoms with Gasteiger partial charge in [-0.05, 0) is 89.6 Å². The number of aromatic nitrogens is 5. The third-order valence-corrected chi connectivity index (χ3v) is 28.4. The fourth-order valence-electron chi connectivity index (χ4n) is 15.3. The van der Waals surface area contributed by atoms with Crippen LogP contribution in [0.5, 0.6) is 0 Å². The van der Waals surface area contributed by atoms with E-state index < -0.39 is 209 Å². The minimum absolute atomic E-state index is 0.0147. The highest BCUT2D eigenvalue weighted by Crippen LogP contribution is 2.49. The molecule has 0 radical (unpaired) electrons. The minimum Gasteiger partial charge on any atom is -0.500 e. The fourth-order valence-corrected chi connectivity index (χ4v) is 20.2. The maximum atomic E-state index is 15.7. The molecule has 18 unspecified atom stereocenters. The van der Waals surface area contributed by atoms with Gasteiger partial charge in [-0.3, -0.25) is 72.8 Å². The largest absolute Gasteiger partial charge is 0.500 e. The maximum Gasteiger partial charge on any atom is 0.357 e. The quantitative estimate of drug-likeness (QED) is 0.0568. The molecule has 6 aliphatic rings. The molecule has 7 amide bonds. The van der Waals surface area contributed by atoms with Crippen LogP contribution in [-0.4, -0.2) is 217 Å². The van der Waals surface area contributed by atoms with Gasteiger partial charge in [0.1, 0.15) is 90.8 Å². The van der Waals surface area contributed by atoms with Crippen molar-refractivity contribution in [2.24, 2.45) is 33.5 Å². The average Bonchev–Trinajstić information content (AvgIpc) is 1.65. The Hall–Kier alpha value is -11.1. The zero-order chi connectivity index (χ0) is 93.4. The average molecular weight is 1860 g/mol. The van der Waals surface area contributed by atoms with Crippen LogP contribution in [0.25, 0.3) is 12.2 Å². The molecule has 15 bridgehead atoms. The highest BCUT2D eigenvalue weighted by Gasteiger charge is 2.52. The summed E-state index contributed by atoms with van der Waals surface area (Å²) in [4.78, 5) is 223. The topological polar surface area (TPSA) is 553 Å². The number of cyclic esters (lactones) is 1. The van der Waals surface area contributed by atoms with E-state index in [-0.39, 0.29) is 139 Å². The van der Waals surface area contributed by atoms with Gasteiger partial charge >= 0.3 is 5.97 Å². The van der Waals surface area contributed by atoms with E-state index in [2.05, 4.69) is 59.1 Å². The summed E-state index contributed by atoms with van der Waals surface area (Å²) in [6, 6.07) is -1.45. The lowest BCUT2D eigenvalue weighted by molar-refractivity contribution is -0.131. The van der Waals surface area contributed by atoms with Gasteiger partial charge in [0.25, 0.3) is 17.7 Å². The van der Waals surface area contributed by atoms with Gasteiger partial charge < -0.3 is 78.0 Å². The summed E-state index contributed by atoms with van der Waals surface area (Å²) in [6.07, 6.45) is -0.935. The highest BCUT2D eigenvalue weighted by molar-refractivity contribution is 8.14. The van der Waals surface area contributed by atoms with Gasteiger partial charge in [-0.1, -0.05) is 83.2 Å². The number of ether oxygens (including phenoxy) is 2.